The van der Waals surface area contributed by atoms with Gasteiger partial charge in [0.05, 0.1) is 6.10 Å². The van der Waals surface area contributed by atoms with Crippen LogP contribution in [0.3, 0.4) is 0 Å². The summed E-state index contributed by atoms with van der Waals surface area (Å²) < 4.78 is 0. The van der Waals surface area contributed by atoms with Crippen LogP contribution >= 0.6 is 11.3 Å². The molecule has 0 aliphatic heterocycles. The SMILES string of the molecule is Cc1cccc(C)c1CC(O)c1cc2c(s1)CCCC2. The Morgan fingerprint density at radius 1 is 1.15 bits per heavy atom. The molecule has 106 valence electrons. The predicted molar refractivity (Wildman–Crippen MR) is 85.5 cm³/mol. The smallest absolute Gasteiger partial charge is 0.0922 e. The Bertz CT molecular complexity index is 568. The van der Waals surface area contributed by atoms with Crippen molar-refractivity contribution in [3.05, 3.63) is 56.3 Å². The van der Waals surface area contributed by atoms with Gasteiger partial charge in [-0.2, -0.15) is 0 Å². The maximum Gasteiger partial charge on any atom is 0.0922 e. The molecule has 0 radical (unpaired) electrons. The molecule has 1 N–H and O–H groups in total. The largest absolute Gasteiger partial charge is 0.387 e. The zero-order chi connectivity index (χ0) is 14.1. The molecule has 2 aromatic rings. The van der Waals surface area contributed by atoms with Crippen LogP contribution < -0.4 is 0 Å². The minimum atomic E-state index is -0.356. The van der Waals surface area contributed by atoms with Crippen molar-refractivity contribution in [2.75, 3.05) is 0 Å². The highest BCUT2D eigenvalue weighted by Crippen LogP contribution is 2.34. The highest BCUT2D eigenvalue weighted by Gasteiger charge is 2.19. The Hall–Kier alpha value is -1.12. The van der Waals surface area contributed by atoms with Gasteiger partial charge in [0.1, 0.15) is 0 Å². The molecule has 20 heavy (non-hydrogen) atoms. The summed E-state index contributed by atoms with van der Waals surface area (Å²) in [7, 11) is 0. The first-order valence-corrected chi connectivity index (χ1v) is 8.31. The first kappa shape index (κ1) is 13.8. The Morgan fingerprint density at radius 2 is 1.85 bits per heavy atom. The molecule has 1 aliphatic carbocycles. The third kappa shape index (κ3) is 2.68. The Kier molecular flexibility index (Phi) is 3.95. The fourth-order valence-electron chi connectivity index (χ4n) is 3.14. The van der Waals surface area contributed by atoms with E-state index in [1.165, 1.54) is 52.8 Å². The van der Waals surface area contributed by atoms with Crippen molar-refractivity contribution >= 4 is 11.3 Å². The Balaban J connectivity index is 1.82. The first-order chi connectivity index (χ1) is 9.65. The summed E-state index contributed by atoms with van der Waals surface area (Å²) in [6.45, 7) is 4.27. The van der Waals surface area contributed by atoms with E-state index in [2.05, 4.69) is 38.1 Å². The van der Waals surface area contributed by atoms with Gasteiger partial charge >= 0.3 is 0 Å². The van der Waals surface area contributed by atoms with Crippen molar-refractivity contribution in [3.63, 3.8) is 0 Å². The summed E-state index contributed by atoms with van der Waals surface area (Å²) in [6.07, 6.45) is 5.39. The van der Waals surface area contributed by atoms with E-state index in [4.69, 9.17) is 0 Å². The molecule has 0 amide bonds. The first-order valence-electron chi connectivity index (χ1n) is 7.50. The van der Waals surface area contributed by atoms with E-state index in [0.717, 1.165) is 11.3 Å². The second-order valence-electron chi connectivity index (χ2n) is 5.89. The van der Waals surface area contributed by atoms with Crippen molar-refractivity contribution in [2.45, 2.75) is 52.1 Å². The van der Waals surface area contributed by atoms with Gasteiger partial charge in [0.15, 0.2) is 0 Å². The van der Waals surface area contributed by atoms with Gasteiger partial charge in [-0.05, 0) is 67.9 Å². The third-order valence-corrected chi connectivity index (χ3v) is 5.72. The molecule has 0 spiro atoms. The van der Waals surface area contributed by atoms with Gasteiger partial charge in [0, 0.05) is 16.2 Å². The van der Waals surface area contributed by atoms with Gasteiger partial charge in [0.2, 0.25) is 0 Å². The van der Waals surface area contributed by atoms with E-state index in [0.29, 0.717) is 0 Å². The Morgan fingerprint density at radius 3 is 2.55 bits per heavy atom. The minimum absolute atomic E-state index is 0.356. The Labute approximate surface area is 125 Å². The van der Waals surface area contributed by atoms with E-state index in [1.54, 1.807) is 0 Å². The van der Waals surface area contributed by atoms with Gasteiger partial charge in [-0.25, -0.2) is 0 Å². The van der Waals surface area contributed by atoms with Crippen LogP contribution in [0.1, 0.15) is 51.0 Å². The van der Waals surface area contributed by atoms with Gasteiger partial charge in [-0.15, -0.1) is 11.3 Å². The van der Waals surface area contributed by atoms with E-state index in [9.17, 15) is 5.11 Å². The molecule has 1 aromatic heterocycles. The van der Waals surface area contributed by atoms with Crippen LogP contribution in [-0.2, 0) is 19.3 Å². The molecule has 0 saturated carbocycles. The van der Waals surface area contributed by atoms with Crippen molar-refractivity contribution in [1.29, 1.82) is 0 Å². The topological polar surface area (TPSA) is 20.2 Å². The summed E-state index contributed by atoms with van der Waals surface area (Å²) in [5.41, 5.74) is 5.35. The molecule has 1 heterocycles. The van der Waals surface area contributed by atoms with Gasteiger partial charge < -0.3 is 5.11 Å². The lowest BCUT2D eigenvalue weighted by atomic mass is 9.95. The van der Waals surface area contributed by atoms with E-state index >= 15 is 0 Å². The number of hydrogen-bond donors (Lipinski definition) is 1. The summed E-state index contributed by atoms with van der Waals surface area (Å²) in [5, 5.41) is 10.6. The number of thiophene rings is 1. The van der Waals surface area contributed by atoms with Crippen molar-refractivity contribution in [1.82, 2.24) is 0 Å². The third-order valence-electron chi connectivity index (χ3n) is 4.39. The van der Waals surface area contributed by atoms with Crippen LogP contribution in [0.2, 0.25) is 0 Å². The van der Waals surface area contributed by atoms with Crippen LogP contribution in [0, 0.1) is 13.8 Å². The fourth-order valence-corrected chi connectivity index (χ4v) is 4.39. The molecule has 3 rings (SSSR count). The van der Waals surface area contributed by atoms with Crippen LogP contribution in [0.4, 0.5) is 0 Å². The standard InChI is InChI=1S/C18H22OS/c1-12-6-5-7-13(2)15(12)11-16(19)18-10-14-8-3-4-9-17(14)20-18/h5-7,10,16,19H,3-4,8-9,11H2,1-2H3. The molecular weight excluding hydrogens is 264 g/mol. The van der Waals surface area contributed by atoms with Crippen molar-refractivity contribution in [3.8, 4) is 0 Å². The average Bonchev–Trinajstić information content (AvgIpc) is 2.87. The summed E-state index contributed by atoms with van der Waals surface area (Å²) in [6, 6.07) is 8.60. The summed E-state index contributed by atoms with van der Waals surface area (Å²) in [4.78, 5) is 2.66. The molecular formula is C18H22OS. The lowest BCUT2D eigenvalue weighted by Gasteiger charge is -2.13. The van der Waals surface area contributed by atoms with Crippen molar-refractivity contribution < 1.29 is 5.11 Å². The quantitative estimate of drug-likeness (QED) is 0.879. The number of rotatable bonds is 3. The fraction of sp³-hybridized carbons (Fsp3) is 0.444. The molecule has 0 saturated heterocycles. The summed E-state index contributed by atoms with van der Waals surface area (Å²) in [5.74, 6) is 0. The number of aryl methyl sites for hydroxylation is 4. The molecule has 1 aliphatic rings. The normalized spacial score (nSPS) is 15.9. The average molecular weight is 286 g/mol. The molecule has 0 bridgehead atoms. The van der Waals surface area contributed by atoms with Gasteiger partial charge in [-0.3, -0.25) is 0 Å². The lowest BCUT2D eigenvalue weighted by Crippen LogP contribution is -2.03. The van der Waals surface area contributed by atoms with Crippen molar-refractivity contribution in [2.24, 2.45) is 0 Å². The maximum absolute atomic E-state index is 10.6. The molecule has 1 aromatic carbocycles. The predicted octanol–water partition coefficient (Wildman–Crippen LogP) is 4.52. The highest BCUT2D eigenvalue weighted by molar-refractivity contribution is 7.12. The molecule has 1 nitrogen and oxygen atoms in total. The molecule has 1 unspecified atom stereocenters. The lowest BCUT2D eigenvalue weighted by molar-refractivity contribution is 0.182. The zero-order valence-corrected chi connectivity index (χ0v) is 13.1. The van der Waals surface area contributed by atoms with Crippen LogP contribution in [-0.4, -0.2) is 5.11 Å². The highest BCUT2D eigenvalue weighted by atomic mass is 32.1. The van der Waals surface area contributed by atoms with E-state index < -0.39 is 0 Å². The number of fused-ring (bicyclic) bond motifs is 1. The van der Waals surface area contributed by atoms with E-state index in [1.807, 2.05) is 11.3 Å². The second kappa shape index (κ2) is 5.71. The molecule has 2 heteroatoms. The van der Waals surface area contributed by atoms with Crippen LogP contribution in [0.5, 0.6) is 0 Å². The minimum Gasteiger partial charge on any atom is -0.387 e. The monoisotopic (exact) mass is 286 g/mol. The second-order valence-corrected chi connectivity index (χ2v) is 7.06. The van der Waals surface area contributed by atoms with Crippen LogP contribution in [0.15, 0.2) is 24.3 Å². The van der Waals surface area contributed by atoms with E-state index in [-0.39, 0.29) is 6.10 Å². The van der Waals surface area contributed by atoms with Gasteiger partial charge in [0.25, 0.3) is 0 Å². The van der Waals surface area contributed by atoms with Gasteiger partial charge in [-0.1, -0.05) is 18.2 Å². The number of hydrogen-bond acceptors (Lipinski definition) is 2. The number of benzene rings is 1. The molecule has 0 fully saturated rings. The van der Waals surface area contributed by atoms with Crippen LogP contribution in [0.25, 0.3) is 0 Å². The number of aliphatic hydroxyl groups is 1. The summed E-state index contributed by atoms with van der Waals surface area (Å²) >= 11 is 1.82. The number of aliphatic hydroxyl groups excluding tert-OH is 1. The molecule has 1 atom stereocenters. The maximum atomic E-state index is 10.6. The zero-order valence-electron chi connectivity index (χ0n) is 12.3.